The Labute approximate surface area is 186 Å². The molecule has 3 aromatic rings. The van der Waals surface area contributed by atoms with Crippen molar-refractivity contribution in [3.63, 3.8) is 0 Å². The molecular formula is C22H25ClFN7. The van der Waals surface area contributed by atoms with Gasteiger partial charge in [0.1, 0.15) is 0 Å². The summed E-state index contributed by atoms with van der Waals surface area (Å²) in [5, 5.41) is 11.9. The summed E-state index contributed by atoms with van der Waals surface area (Å²) in [4.78, 5) is 10.5. The van der Waals surface area contributed by atoms with E-state index in [1.54, 1.807) is 25.5 Å². The molecule has 0 saturated carbocycles. The van der Waals surface area contributed by atoms with Crippen molar-refractivity contribution in [3.05, 3.63) is 77.5 Å². The maximum Gasteiger partial charge on any atom is 0.191 e. The van der Waals surface area contributed by atoms with Gasteiger partial charge in [-0.2, -0.15) is 5.10 Å². The minimum absolute atomic E-state index is 0.0199. The molecule has 1 aromatic carbocycles. The quantitative estimate of drug-likeness (QED) is 0.454. The number of aliphatic imine (C=N–C) groups is 1. The molecule has 0 bridgehead atoms. The van der Waals surface area contributed by atoms with Crippen LogP contribution in [0.3, 0.4) is 0 Å². The van der Waals surface area contributed by atoms with E-state index in [0.717, 1.165) is 18.5 Å². The number of pyridine rings is 1. The maximum atomic E-state index is 14.1. The molecule has 1 fully saturated rings. The van der Waals surface area contributed by atoms with Crippen LogP contribution >= 0.6 is 11.6 Å². The molecule has 4 rings (SSSR count). The summed E-state index contributed by atoms with van der Waals surface area (Å²) >= 11 is 6.05. The number of benzene rings is 1. The molecule has 2 atom stereocenters. The number of hydrogen-bond acceptors (Lipinski definition) is 4. The Morgan fingerprint density at radius 3 is 2.81 bits per heavy atom. The summed E-state index contributed by atoms with van der Waals surface area (Å²) in [6.07, 6.45) is 6.19. The first-order chi connectivity index (χ1) is 15.1. The van der Waals surface area contributed by atoms with Crippen LogP contribution in [0.25, 0.3) is 0 Å². The molecule has 2 N–H and O–H groups in total. The van der Waals surface area contributed by atoms with E-state index in [0.29, 0.717) is 29.9 Å². The Kier molecular flexibility index (Phi) is 6.66. The SMILES string of the molecule is CN=C(NCC(c1ccc(Cl)cc1)n1cccn1)NC1CCN(c2ncccc2F)C1. The molecule has 1 aliphatic heterocycles. The number of hydrogen-bond donors (Lipinski definition) is 2. The lowest BCUT2D eigenvalue weighted by atomic mass is 10.1. The highest BCUT2D eigenvalue weighted by molar-refractivity contribution is 6.30. The third-order valence-corrected chi connectivity index (χ3v) is 5.61. The Morgan fingerprint density at radius 1 is 1.26 bits per heavy atom. The number of nitrogens with one attached hydrogen (secondary N) is 2. The maximum absolute atomic E-state index is 14.1. The minimum atomic E-state index is -0.296. The molecular weight excluding hydrogens is 417 g/mol. The molecule has 9 heteroatoms. The number of anilines is 1. The van der Waals surface area contributed by atoms with E-state index in [1.807, 2.05) is 46.1 Å². The molecule has 2 aromatic heterocycles. The zero-order valence-electron chi connectivity index (χ0n) is 17.2. The average molecular weight is 442 g/mol. The first-order valence-corrected chi connectivity index (χ1v) is 10.6. The number of halogens is 2. The van der Waals surface area contributed by atoms with E-state index in [-0.39, 0.29) is 17.9 Å². The van der Waals surface area contributed by atoms with Crippen molar-refractivity contribution in [1.82, 2.24) is 25.4 Å². The summed E-state index contributed by atoms with van der Waals surface area (Å²) < 4.78 is 16.0. The van der Waals surface area contributed by atoms with E-state index in [2.05, 4.69) is 25.7 Å². The topological polar surface area (TPSA) is 70.4 Å². The van der Waals surface area contributed by atoms with Gasteiger partial charge in [0.2, 0.25) is 0 Å². The van der Waals surface area contributed by atoms with Gasteiger partial charge in [-0.05, 0) is 42.3 Å². The van der Waals surface area contributed by atoms with Crippen molar-refractivity contribution < 1.29 is 4.39 Å². The molecule has 2 unspecified atom stereocenters. The Hall–Kier alpha value is -3.13. The van der Waals surface area contributed by atoms with Gasteiger partial charge in [-0.15, -0.1) is 0 Å². The fourth-order valence-electron chi connectivity index (χ4n) is 3.78. The van der Waals surface area contributed by atoms with Crippen molar-refractivity contribution in [2.24, 2.45) is 4.99 Å². The molecule has 0 aliphatic carbocycles. The lowest BCUT2D eigenvalue weighted by Crippen LogP contribution is -2.46. The molecule has 0 amide bonds. The summed E-state index contributed by atoms with van der Waals surface area (Å²) in [6.45, 7) is 1.99. The fourth-order valence-corrected chi connectivity index (χ4v) is 3.90. The largest absolute Gasteiger partial charge is 0.354 e. The number of aromatic nitrogens is 3. The Balaban J connectivity index is 1.38. The molecule has 0 radical (unpaired) electrons. The van der Waals surface area contributed by atoms with Crippen molar-refractivity contribution in [3.8, 4) is 0 Å². The van der Waals surface area contributed by atoms with Crippen LogP contribution < -0.4 is 15.5 Å². The first-order valence-electron chi connectivity index (χ1n) is 10.2. The predicted molar refractivity (Wildman–Crippen MR) is 121 cm³/mol. The van der Waals surface area contributed by atoms with Crippen LogP contribution in [0.4, 0.5) is 10.2 Å². The predicted octanol–water partition coefficient (Wildman–Crippen LogP) is 3.10. The lowest BCUT2D eigenvalue weighted by Gasteiger charge is -2.23. The van der Waals surface area contributed by atoms with Gasteiger partial charge >= 0.3 is 0 Å². The highest BCUT2D eigenvalue weighted by Crippen LogP contribution is 2.21. The molecule has 1 saturated heterocycles. The van der Waals surface area contributed by atoms with Crippen molar-refractivity contribution in [2.45, 2.75) is 18.5 Å². The van der Waals surface area contributed by atoms with Crippen molar-refractivity contribution in [2.75, 3.05) is 31.6 Å². The summed E-state index contributed by atoms with van der Waals surface area (Å²) in [5.74, 6) is 0.798. The van der Waals surface area contributed by atoms with Gasteiger partial charge < -0.3 is 15.5 Å². The molecule has 162 valence electrons. The van der Waals surface area contributed by atoms with E-state index in [9.17, 15) is 4.39 Å². The first kappa shape index (κ1) is 21.1. The normalized spacial score (nSPS) is 17.6. The molecule has 0 spiro atoms. The molecule has 1 aliphatic rings. The van der Waals surface area contributed by atoms with Gasteiger partial charge in [0.15, 0.2) is 17.6 Å². The average Bonchev–Trinajstić information content (AvgIpc) is 3.47. The van der Waals surface area contributed by atoms with Crippen LogP contribution in [0.1, 0.15) is 18.0 Å². The van der Waals surface area contributed by atoms with Gasteiger partial charge in [0.05, 0.1) is 6.04 Å². The van der Waals surface area contributed by atoms with Crippen LogP contribution in [-0.2, 0) is 0 Å². The fraction of sp³-hybridized carbons (Fsp3) is 0.318. The summed E-state index contributed by atoms with van der Waals surface area (Å²) in [5.41, 5.74) is 1.09. The summed E-state index contributed by atoms with van der Waals surface area (Å²) in [6, 6.07) is 12.8. The molecule has 7 nitrogen and oxygen atoms in total. The highest BCUT2D eigenvalue weighted by Gasteiger charge is 2.26. The lowest BCUT2D eigenvalue weighted by molar-refractivity contribution is 0.508. The van der Waals surface area contributed by atoms with Crippen LogP contribution in [0, 0.1) is 5.82 Å². The number of rotatable bonds is 6. The molecule has 3 heterocycles. The van der Waals surface area contributed by atoms with Crippen LogP contribution in [0.15, 0.2) is 66.0 Å². The highest BCUT2D eigenvalue weighted by atomic mass is 35.5. The monoisotopic (exact) mass is 441 g/mol. The third kappa shape index (κ3) is 5.14. The third-order valence-electron chi connectivity index (χ3n) is 5.35. The second-order valence-corrected chi connectivity index (χ2v) is 7.83. The van der Waals surface area contributed by atoms with Crippen molar-refractivity contribution in [1.29, 1.82) is 0 Å². The van der Waals surface area contributed by atoms with E-state index in [4.69, 9.17) is 11.6 Å². The Morgan fingerprint density at radius 2 is 2.10 bits per heavy atom. The van der Waals surface area contributed by atoms with Gasteiger partial charge in [0.25, 0.3) is 0 Å². The second kappa shape index (κ2) is 9.78. The van der Waals surface area contributed by atoms with E-state index >= 15 is 0 Å². The number of nitrogens with zero attached hydrogens (tertiary/aromatic N) is 5. The summed E-state index contributed by atoms with van der Waals surface area (Å²) in [7, 11) is 1.74. The number of guanidine groups is 1. The van der Waals surface area contributed by atoms with E-state index in [1.165, 1.54) is 6.07 Å². The van der Waals surface area contributed by atoms with Gasteiger partial charge in [-0.3, -0.25) is 9.67 Å². The smallest absolute Gasteiger partial charge is 0.191 e. The van der Waals surface area contributed by atoms with Gasteiger partial charge in [0, 0.05) is 56.3 Å². The zero-order valence-corrected chi connectivity index (χ0v) is 18.0. The zero-order chi connectivity index (χ0) is 21.6. The molecule has 31 heavy (non-hydrogen) atoms. The van der Waals surface area contributed by atoms with Crippen molar-refractivity contribution >= 4 is 23.4 Å². The van der Waals surface area contributed by atoms with Crippen LogP contribution in [-0.4, -0.2) is 53.4 Å². The standard InChI is InChI=1S/C22H25ClFN7/c1-25-22(29-18-9-13-30(15-18)21-19(24)4-2-10-26-21)27-14-20(31-12-3-11-28-31)16-5-7-17(23)8-6-16/h2-8,10-12,18,20H,9,13-15H2,1H3,(H2,25,27,29). The van der Waals surface area contributed by atoms with Gasteiger partial charge in [-0.25, -0.2) is 9.37 Å². The van der Waals surface area contributed by atoms with E-state index < -0.39 is 0 Å². The van der Waals surface area contributed by atoms with Gasteiger partial charge in [-0.1, -0.05) is 23.7 Å². The van der Waals surface area contributed by atoms with Crippen LogP contribution in [0.2, 0.25) is 5.02 Å². The second-order valence-electron chi connectivity index (χ2n) is 7.39. The minimum Gasteiger partial charge on any atom is -0.354 e. The Bertz CT molecular complexity index is 1010. The van der Waals surface area contributed by atoms with Crippen LogP contribution in [0.5, 0.6) is 0 Å².